The van der Waals surface area contributed by atoms with Crippen LogP contribution in [0.1, 0.15) is 6.92 Å². The van der Waals surface area contributed by atoms with Crippen LogP contribution >= 0.6 is 46.5 Å². The summed E-state index contributed by atoms with van der Waals surface area (Å²) in [5, 5.41) is 48.9. The fourth-order valence-electron chi connectivity index (χ4n) is 2.74. The number of aromatic hydroxyl groups is 1. The van der Waals surface area contributed by atoms with Gasteiger partial charge in [-0.05, 0) is 36.9 Å². The van der Waals surface area contributed by atoms with Crippen LogP contribution in [0.3, 0.4) is 0 Å². The lowest BCUT2D eigenvalue weighted by Gasteiger charge is -2.28. The van der Waals surface area contributed by atoms with Crippen LogP contribution in [-0.2, 0) is 11.3 Å². The van der Waals surface area contributed by atoms with Crippen LogP contribution in [0, 0.1) is 0 Å². The number of benzene rings is 1. The quantitative estimate of drug-likeness (QED) is 0.199. The number of rotatable bonds is 11. The maximum Gasteiger partial charge on any atom is 0.446 e. The maximum atomic E-state index is 12.7. The van der Waals surface area contributed by atoms with E-state index in [1.807, 2.05) is 0 Å². The Morgan fingerprint density at radius 2 is 2.00 bits per heavy atom. The van der Waals surface area contributed by atoms with E-state index >= 15 is 0 Å². The van der Waals surface area contributed by atoms with Gasteiger partial charge >= 0.3 is 5.51 Å². The molecule has 0 bridgehead atoms. The Morgan fingerprint density at radius 1 is 1.26 bits per heavy atom. The van der Waals surface area contributed by atoms with E-state index in [9.17, 15) is 33.6 Å². The van der Waals surface area contributed by atoms with Gasteiger partial charge in [-0.2, -0.15) is 13.2 Å². The third-order valence-corrected chi connectivity index (χ3v) is 7.45. The van der Waals surface area contributed by atoms with Crippen LogP contribution in [0.5, 0.6) is 5.19 Å². The Bertz CT molecular complexity index is 1120. The molecular formula is C19H20ClF3N4O5S3. The van der Waals surface area contributed by atoms with Gasteiger partial charge in [-0.25, -0.2) is 9.67 Å². The molecule has 0 saturated carbocycles. The van der Waals surface area contributed by atoms with Gasteiger partial charge in [0.2, 0.25) is 0 Å². The van der Waals surface area contributed by atoms with E-state index in [0.717, 1.165) is 23.1 Å². The minimum atomic E-state index is -4.50. The van der Waals surface area contributed by atoms with Crippen molar-refractivity contribution in [3.63, 3.8) is 0 Å². The predicted octanol–water partition coefficient (Wildman–Crippen LogP) is 3.61. The third-order valence-electron chi connectivity index (χ3n) is 4.39. The number of aromatic nitrogens is 4. The molecule has 2 heterocycles. The highest BCUT2D eigenvalue weighted by Gasteiger charge is 2.31. The number of hydrogen-bond acceptors (Lipinski definition) is 11. The van der Waals surface area contributed by atoms with E-state index in [2.05, 4.69) is 15.3 Å². The first-order valence-electron chi connectivity index (χ1n) is 9.84. The number of nitrogens with zero attached hydrogens (tertiary/aromatic N) is 4. The highest BCUT2D eigenvalue weighted by molar-refractivity contribution is 8.00. The Kier molecular flexibility index (Phi) is 9.67. The number of thiazole rings is 1. The van der Waals surface area contributed by atoms with Crippen molar-refractivity contribution in [2.24, 2.45) is 0 Å². The lowest BCUT2D eigenvalue weighted by molar-refractivity contribution is -0.0972. The van der Waals surface area contributed by atoms with Crippen molar-refractivity contribution in [2.45, 2.75) is 52.5 Å². The van der Waals surface area contributed by atoms with E-state index in [-0.39, 0.29) is 33.4 Å². The zero-order valence-electron chi connectivity index (χ0n) is 17.8. The molecule has 0 fully saturated rings. The summed E-state index contributed by atoms with van der Waals surface area (Å²) < 4.78 is 45.1. The van der Waals surface area contributed by atoms with Crippen molar-refractivity contribution in [1.29, 1.82) is 0 Å². The molecule has 0 radical (unpaired) electrons. The van der Waals surface area contributed by atoms with Gasteiger partial charge < -0.3 is 25.2 Å². The van der Waals surface area contributed by atoms with Gasteiger partial charge in [0.1, 0.15) is 29.0 Å². The molecule has 0 aliphatic heterocycles. The summed E-state index contributed by atoms with van der Waals surface area (Å²) >= 11 is 7.64. The van der Waals surface area contributed by atoms with Crippen LogP contribution in [0.25, 0.3) is 11.4 Å². The molecule has 4 atom stereocenters. The Labute approximate surface area is 214 Å². The van der Waals surface area contributed by atoms with Gasteiger partial charge in [-0.15, -0.1) is 5.10 Å². The number of alkyl halides is 3. The van der Waals surface area contributed by atoms with Gasteiger partial charge in [0.05, 0.1) is 30.5 Å². The zero-order chi connectivity index (χ0) is 25.8. The molecule has 4 N–H and O–H groups in total. The third kappa shape index (κ3) is 8.21. The molecule has 192 valence electrons. The highest BCUT2D eigenvalue weighted by atomic mass is 35.5. The first kappa shape index (κ1) is 28.0. The molecule has 9 nitrogen and oxygen atoms in total. The molecule has 16 heteroatoms. The van der Waals surface area contributed by atoms with Gasteiger partial charge in [0.25, 0.3) is 5.19 Å². The van der Waals surface area contributed by atoms with Gasteiger partial charge in [-0.3, -0.25) is 0 Å². The Balaban J connectivity index is 1.77. The molecule has 0 aliphatic rings. The van der Waals surface area contributed by atoms with Crippen LogP contribution in [0.4, 0.5) is 13.2 Å². The van der Waals surface area contributed by atoms with Crippen molar-refractivity contribution in [1.82, 2.24) is 20.0 Å². The van der Waals surface area contributed by atoms with E-state index in [1.54, 1.807) is 5.38 Å². The minimum Gasteiger partial charge on any atom is -0.486 e. The Morgan fingerprint density at radius 3 is 2.57 bits per heavy atom. The maximum absolute atomic E-state index is 12.7. The predicted molar refractivity (Wildman–Crippen MR) is 125 cm³/mol. The van der Waals surface area contributed by atoms with Crippen molar-refractivity contribution in [3.05, 3.63) is 34.8 Å². The minimum absolute atomic E-state index is 0.117. The average molecular weight is 573 g/mol. The smallest absolute Gasteiger partial charge is 0.446 e. The standard InChI is InChI=1S/C19H20ClF3N4O5S3/c1-9(29)15(7-28)32-17(34-10-2-3-16(11(20)4-10)35-19(21,22)23)14(30)6-27-5-12(25-26-27)13-8-33-18(31)24-13/h2-5,8-9,14-15,17,28-30H,6-7H2,1H3,(H,24,31)/t9-,14+,15?,17?/m1/s1. The van der Waals surface area contributed by atoms with Crippen LogP contribution in [0.2, 0.25) is 5.02 Å². The van der Waals surface area contributed by atoms with Gasteiger partial charge in [0.15, 0.2) is 0 Å². The summed E-state index contributed by atoms with van der Waals surface area (Å²) in [4.78, 5) is 4.11. The SMILES string of the molecule is C[C@@H](O)C(CO)OC(Sc1ccc(SC(F)(F)F)c(Cl)c1)[C@@H](O)Cn1cc(-c2csc(O)n2)nn1. The molecule has 2 aromatic heterocycles. The summed E-state index contributed by atoms with van der Waals surface area (Å²) in [6.07, 6.45) is -1.87. The number of ether oxygens (including phenoxy) is 1. The number of halogens is 4. The van der Waals surface area contributed by atoms with Crippen molar-refractivity contribution in [3.8, 4) is 16.6 Å². The molecule has 35 heavy (non-hydrogen) atoms. The fourth-order valence-corrected chi connectivity index (χ4v) is 5.23. The van der Waals surface area contributed by atoms with Crippen LogP contribution in [-0.4, -0.2) is 76.3 Å². The van der Waals surface area contributed by atoms with Crippen LogP contribution in [0.15, 0.2) is 39.6 Å². The zero-order valence-corrected chi connectivity index (χ0v) is 21.0. The normalized spacial score (nSPS) is 15.7. The summed E-state index contributed by atoms with van der Waals surface area (Å²) in [6, 6.07) is 3.91. The monoisotopic (exact) mass is 572 g/mol. The summed E-state index contributed by atoms with van der Waals surface area (Å²) in [5.74, 6) is 0. The molecule has 0 aliphatic carbocycles. The van der Waals surface area contributed by atoms with Crippen molar-refractivity contribution < 1.29 is 38.3 Å². The molecule has 0 amide bonds. The highest BCUT2D eigenvalue weighted by Crippen LogP contribution is 2.42. The summed E-state index contributed by atoms with van der Waals surface area (Å²) in [6.45, 7) is 0.751. The van der Waals surface area contributed by atoms with Gasteiger partial charge in [-0.1, -0.05) is 39.9 Å². The summed E-state index contributed by atoms with van der Waals surface area (Å²) in [5.41, 5.74) is -4.81. The molecule has 2 unspecified atom stereocenters. The molecule has 3 rings (SSSR count). The molecule has 3 aromatic rings. The van der Waals surface area contributed by atoms with Crippen molar-refractivity contribution in [2.75, 3.05) is 6.61 Å². The Hall–Kier alpha value is -1.59. The summed E-state index contributed by atoms with van der Waals surface area (Å²) in [7, 11) is 0. The molecule has 1 aromatic carbocycles. The topological polar surface area (TPSA) is 134 Å². The number of thioether (sulfide) groups is 2. The van der Waals surface area contributed by atoms with E-state index in [0.29, 0.717) is 16.3 Å². The second-order valence-corrected chi connectivity index (χ2v) is 10.7. The van der Waals surface area contributed by atoms with E-state index in [4.69, 9.17) is 16.3 Å². The molecule has 0 saturated heterocycles. The molecular weight excluding hydrogens is 553 g/mol. The first-order chi connectivity index (χ1) is 16.4. The lowest BCUT2D eigenvalue weighted by atomic mass is 10.2. The molecule has 0 spiro atoms. The number of hydrogen-bond donors (Lipinski definition) is 4. The van der Waals surface area contributed by atoms with Crippen molar-refractivity contribution >= 4 is 46.5 Å². The second kappa shape index (κ2) is 12.1. The first-order valence-corrected chi connectivity index (χ1v) is 12.8. The van der Waals surface area contributed by atoms with E-state index in [1.165, 1.54) is 36.0 Å². The largest absolute Gasteiger partial charge is 0.486 e. The second-order valence-electron chi connectivity index (χ2n) is 7.13. The number of aliphatic hydroxyl groups excluding tert-OH is 3. The average Bonchev–Trinajstić information content (AvgIpc) is 3.40. The fraction of sp³-hybridized carbons (Fsp3) is 0.421. The number of aliphatic hydroxyl groups is 3. The van der Waals surface area contributed by atoms with E-state index < -0.39 is 35.9 Å². The lowest BCUT2D eigenvalue weighted by Crippen LogP contribution is -2.39. The van der Waals surface area contributed by atoms with Crippen LogP contribution < -0.4 is 0 Å². The van der Waals surface area contributed by atoms with Gasteiger partial charge in [0, 0.05) is 15.2 Å².